The minimum Gasteiger partial charge on any atom is -0.497 e. The SMILES string of the molecule is CCNC(=NCc1cccc(OC)c1)NCCN(C)C1CCCC1. The van der Waals surface area contributed by atoms with Gasteiger partial charge >= 0.3 is 0 Å². The van der Waals surface area contributed by atoms with E-state index in [9.17, 15) is 0 Å². The predicted molar refractivity (Wildman–Crippen MR) is 101 cm³/mol. The van der Waals surface area contributed by atoms with Gasteiger partial charge in [0.2, 0.25) is 0 Å². The fourth-order valence-electron chi connectivity index (χ4n) is 3.16. The van der Waals surface area contributed by atoms with Crippen LogP contribution in [-0.2, 0) is 6.54 Å². The third-order valence-electron chi connectivity index (χ3n) is 4.60. The highest BCUT2D eigenvalue weighted by Crippen LogP contribution is 2.21. The van der Waals surface area contributed by atoms with E-state index in [0.717, 1.165) is 42.9 Å². The molecule has 134 valence electrons. The van der Waals surface area contributed by atoms with Crippen molar-refractivity contribution in [1.82, 2.24) is 15.5 Å². The molecule has 1 aliphatic carbocycles. The van der Waals surface area contributed by atoms with E-state index in [-0.39, 0.29) is 0 Å². The highest BCUT2D eigenvalue weighted by atomic mass is 16.5. The van der Waals surface area contributed by atoms with Crippen LogP contribution in [0.3, 0.4) is 0 Å². The second-order valence-electron chi connectivity index (χ2n) is 6.39. The molecule has 2 N–H and O–H groups in total. The molecule has 2 rings (SSSR count). The van der Waals surface area contributed by atoms with E-state index in [1.807, 2.05) is 18.2 Å². The summed E-state index contributed by atoms with van der Waals surface area (Å²) in [6, 6.07) is 8.82. The molecule has 0 aliphatic heterocycles. The smallest absolute Gasteiger partial charge is 0.191 e. The number of nitrogens with one attached hydrogen (secondary N) is 2. The standard InChI is InChI=1S/C19H32N4O/c1-4-20-19(21-12-13-23(2)17-9-5-6-10-17)22-15-16-8-7-11-18(14-16)24-3/h7-8,11,14,17H,4-6,9-10,12-13,15H2,1-3H3,(H2,20,21,22). The molecular weight excluding hydrogens is 300 g/mol. The van der Waals surface area contributed by atoms with E-state index in [0.29, 0.717) is 6.54 Å². The Morgan fingerprint density at radius 2 is 2.08 bits per heavy atom. The number of guanidine groups is 1. The molecule has 0 saturated heterocycles. The van der Waals surface area contributed by atoms with Crippen LogP contribution in [0.5, 0.6) is 5.75 Å². The normalized spacial score (nSPS) is 15.8. The van der Waals surface area contributed by atoms with Crippen LogP contribution in [0.2, 0.25) is 0 Å². The highest BCUT2D eigenvalue weighted by molar-refractivity contribution is 5.79. The molecule has 1 aromatic carbocycles. The predicted octanol–water partition coefficient (Wildman–Crippen LogP) is 2.62. The zero-order chi connectivity index (χ0) is 17.2. The molecular formula is C19H32N4O. The van der Waals surface area contributed by atoms with Gasteiger partial charge in [-0.25, -0.2) is 4.99 Å². The van der Waals surface area contributed by atoms with Crippen LogP contribution in [-0.4, -0.2) is 50.7 Å². The molecule has 0 unspecified atom stereocenters. The first-order valence-corrected chi connectivity index (χ1v) is 9.08. The van der Waals surface area contributed by atoms with Gasteiger partial charge < -0.3 is 20.3 Å². The number of nitrogens with zero attached hydrogens (tertiary/aromatic N) is 2. The first-order valence-electron chi connectivity index (χ1n) is 9.08. The number of ether oxygens (including phenoxy) is 1. The van der Waals surface area contributed by atoms with Crippen LogP contribution in [0.4, 0.5) is 0 Å². The Morgan fingerprint density at radius 1 is 1.29 bits per heavy atom. The van der Waals surface area contributed by atoms with Crippen LogP contribution in [0.25, 0.3) is 0 Å². The Kier molecular flexibility index (Phi) is 7.89. The van der Waals surface area contributed by atoms with E-state index in [1.54, 1.807) is 7.11 Å². The van der Waals surface area contributed by atoms with Crippen LogP contribution >= 0.6 is 0 Å². The van der Waals surface area contributed by atoms with Gasteiger partial charge in [-0.1, -0.05) is 25.0 Å². The Labute approximate surface area is 146 Å². The fourth-order valence-corrected chi connectivity index (χ4v) is 3.16. The number of likely N-dealkylation sites (N-methyl/N-ethyl adjacent to an activating group) is 1. The van der Waals surface area contributed by atoms with E-state index >= 15 is 0 Å². The number of benzene rings is 1. The Morgan fingerprint density at radius 3 is 2.79 bits per heavy atom. The summed E-state index contributed by atoms with van der Waals surface area (Å²) in [4.78, 5) is 7.15. The van der Waals surface area contributed by atoms with Gasteiger partial charge in [-0.3, -0.25) is 0 Å². The van der Waals surface area contributed by atoms with Gasteiger partial charge in [0.15, 0.2) is 5.96 Å². The van der Waals surface area contributed by atoms with E-state index in [4.69, 9.17) is 4.74 Å². The van der Waals surface area contributed by atoms with Gasteiger partial charge in [-0.2, -0.15) is 0 Å². The van der Waals surface area contributed by atoms with Gasteiger partial charge in [0.05, 0.1) is 13.7 Å². The largest absolute Gasteiger partial charge is 0.497 e. The lowest BCUT2D eigenvalue weighted by Gasteiger charge is -2.24. The summed E-state index contributed by atoms with van der Waals surface area (Å²) in [5.41, 5.74) is 1.15. The van der Waals surface area contributed by atoms with Gasteiger partial charge in [0.1, 0.15) is 5.75 Å². The molecule has 1 aliphatic rings. The first kappa shape index (κ1) is 18.6. The van der Waals surface area contributed by atoms with Gasteiger partial charge in [-0.15, -0.1) is 0 Å². The summed E-state index contributed by atoms with van der Waals surface area (Å²) in [6.07, 6.45) is 5.46. The quantitative estimate of drug-likeness (QED) is 0.567. The maximum atomic E-state index is 5.26. The molecule has 1 fully saturated rings. The fraction of sp³-hybridized carbons (Fsp3) is 0.632. The maximum absolute atomic E-state index is 5.26. The first-order chi connectivity index (χ1) is 11.7. The van der Waals surface area contributed by atoms with Gasteiger partial charge in [-0.05, 0) is 44.5 Å². The molecule has 5 nitrogen and oxygen atoms in total. The topological polar surface area (TPSA) is 48.9 Å². The summed E-state index contributed by atoms with van der Waals surface area (Å²) in [6.45, 7) is 5.56. The lowest BCUT2D eigenvalue weighted by Crippen LogP contribution is -2.42. The molecule has 0 spiro atoms. The van der Waals surface area contributed by atoms with Crippen LogP contribution < -0.4 is 15.4 Å². The zero-order valence-corrected chi connectivity index (χ0v) is 15.3. The highest BCUT2D eigenvalue weighted by Gasteiger charge is 2.18. The lowest BCUT2D eigenvalue weighted by molar-refractivity contribution is 0.249. The molecule has 1 aromatic rings. The van der Waals surface area contributed by atoms with Crippen molar-refractivity contribution in [2.75, 3.05) is 33.8 Å². The number of hydrogen-bond acceptors (Lipinski definition) is 3. The third kappa shape index (κ3) is 6.04. The molecule has 0 bridgehead atoms. The second kappa shape index (κ2) is 10.2. The number of methoxy groups -OCH3 is 1. The average Bonchev–Trinajstić information content (AvgIpc) is 3.14. The second-order valence-corrected chi connectivity index (χ2v) is 6.39. The summed E-state index contributed by atoms with van der Waals surface area (Å²) in [7, 11) is 3.92. The molecule has 0 aromatic heterocycles. The summed E-state index contributed by atoms with van der Waals surface area (Å²) in [5, 5.41) is 6.75. The van der Waals surface area contributed by atoms with Crippen LogP contribution in [0.1, 0.15) is 38.2 Å². The monoisotopic (exact) mass is 332 g/mol. The van der Waals surface area contributed by atoms with Crippen molar-refractivity contribution in [3.8, 4) is 5.75 Å². The average molecular weight is 332 g/mol. The van der Waals surface area contributed by atoms with Crippen LogP contribution in [0, 0.1) is 0 Å². The number of aliphatic imine (C=N–C) groups is 1. The molecule has 0 heterocycles. The van der Waals surface area contributed by atoms with Crippen molar-refractivity contribution in [1.29, 1.82) is 0 Å². The summed E-state index contributed by atoms with van der Waals surface area (Å²) >= 11 is 0. The van der Waals surface area contributed by atoms with Crippen molar-refractivity contribution in [2.24, 2.45) is 4.99 Å². The van der Waals surface area contributed by atoms with Crippen molar-refractivity contribution >= 4 is 5.96 Å². The maximum Gasteiger partial charge on any atom is 0.191 e. The molecule has 0 radical (unpaired) electrons. The molecule has 1 saturated carbocycles. The van der Waals surface area contributed by atoms with Crippen molar-refractivity contribution in [3.05, 3.63) is 29.8 Å². The van der Waals surface area contributed by atoms with Crippen molar-refractivity contribution < 1.29 is 4.74 Å². The summed E-state index contributed by atoms with van der Waals surface area (Å²) in [5.74, 6) is 1.75. The van der Waals surface area contributed by atoms with E-state index < -0.39 is 0 Å². The Balaban J connectivity index is 1.81. The van der Waals surface area contributed by atoms with E-state index in [1.165, 1.54) is 25.7 Å². The number of rotatable bonds is 8. The Hall–Kier alpha value is -1.75. The van der Waals surface area contributed by atoms with E-state index in [2.05, 4.69) is 40.6 Å². The Bertz CT molecular complexity index is 512. The molecule has 5 heteroatoms. The van der Waals surface area contributed by atoms with Crippen molar-refractivity contribution in [3.63, 3.8) is 0 Å². The minimum atomic E-state index is 0.644. The van der Waals surface area contributed by atoms with Gasteiger partial charge in [0, 0.05) is 25.7 Å². The molecule has 24 heavy (non-hydrogen) atoms. The lowest BCUT2D eigenvalue weighted by atomic mass is 10.2. The minimum absolute atomic E-state index is 0.644. The van der Waals surface area contributed by atoms with Gasteiger partial charge in [0.25, 0.3) is 0 Å². The van der Waals surface area contributed by atoms with Crippen molar-refractivity contribution in [2.45, 2.75) is 45.2 Å². The summed E-state index contributed by atoms with van der Waals surface area (Å²) < 4.78 is 5.26. The van der Waals surface area contributed by atoms with Crippen LogP contribution in [0.15, 0.2) is 29.3 Å². The zero-order valence-electron chi connectivity index (χ0n) is 15.3. The third-order valence-corrected chi connectivity index (χ3v) is 4.60. The molecule has 0 amide bonds. The number of hydrogen-bond donors (Lipinski definition) is 2. The molecule has 0 atom stereocenters.